The molecular weight excluding hydrogens is 457 g/mol. The fourth-order valence-electron chi connectivity index (χ4n) is 4.87. The van der Waals surface area contributed by atoms with Gasteiger partial charge in [0, 0.05) is 22.9 Å². The van der Waals surface area contributed by atoms with Crippen molar-refractivity contribution in [1.29, 1.82) is 0 Å². The molecule has 1 N–H and O–H groups in total. The topological polar surface area (TPSA) is 58.6 Å². The van der Waals surface area contributed by atoms with Crippen LogP contribution in [0.15, 0.2) is 66.7 Å². The highest BCUT2D eigenvalue weighted by Crippen LogP contribution is 2.42. The van der Waals surface area contributed by atoms with Crippen LogP contribution in [0.25, 0.3) is 0 Å². The van der Waals surface area contributed by atoms with Crippen molar-refractivity contribution in [3.8, 4) is 0 Å². The number of rotatable bonds is 5. The summed E-state index contributed by atoms with van der Waals surface area (Å²) in [5.41, 5.74) is 0.720. The van der Waals surface area contributed by atoms with Crippen LogP contribution in [-0.4, -0.2) is 24.0 Å². The third-order valence-corrected chi connectivity index (χ3v) is 6.42. The number of ketones is 2. The molecule has 3 aromatic carbocycles. The van der Waals surface area contributed by atoms with Crippen molar-refractivity contribution < 1.29 is 27.6 Å². The van der Waals surface area contributed by atoms with Crippen molar-refractivity contribution in [3.63, 3.8) is 0 Å². The van der Waals surface area contributed by atoms with E-state index in [0.29, 0.717) is 10.8 Å². The summed E-state index contributed by atoms with van der Waals surface area (Å²) in [5, 5.41) is 3.96. The van der Waals surface area contributed by atoms with Gasteiger partial charge in [-0.2, -0.15) is 4.84 Å². The molecule has 0 spiro atoms. The predicted molar refractivity (Wildman–Crippen MR) is 126 cm³/mol. The lowest BCUT2D eigenvalue weighted by atomic mass is 9.82. The standard InChI is InChI=1S/C27H23F3N2O3/c28-27(29,30)35-32(18-11-5-2-6-12-18)22-16-15-21(31-17-9-3-1-4-10-17)23-24(22)26(34)20-14-8-7-13-19(20)25(23)33/h2,5-8,11-17,31H,1,3-4,9-10H2. The second-order valence-electron chi connectivity index (χ2n) is 8.73. The van der Waals surface area contributed by atoms with Gasteiger partial charge in [-0.15, -0.1) is 13.2 Å². The fraction of sp³-hybridized carbons (Fsp3) is 0.259. The highest BCUT2D eigenvalue weighted by Gasteiger charge is 2.40. The minimum atomic E-state index is -5.03. The molecule has 2 aliphatic carbocycles. The Morgan fingerprint density at radius 3 is 2.00 bits per heavy atom. The van der Waals surface area contributed by atoms with Crippen LogP contribution < -0.4 is 10.4 Å². The Kier molecular flexibility index (Phi) is 6.06. The number of nitrogens with zero attached hydrogens (tertiary/aromatic N) is 1. The number of alkyl halides is 3. The van der Waals surface area contributed by atoms with E-state index < -0.39 is 17.9 Å². The summed E-state index contributed by atoms with van der Waals surface area (Å²) in [5.74, 6) is -0.931. The average Bonchev–Trinajstić information content (AvgIpc) is 2.86. The van der Waals surface area contributed by atoms with Crippen LogP contribution in [-0.2, 0) is 4.84 Å². The number of benzene rings is 3. The van der Waals surface area contributed by atoms with Gasteiger partial charge in [0.1, 0.15) is 0 Å². The first kappa shape index (κ1) is 23.1. The molecule has 1 fully saturated rings. The lowest BCUT2D eigenvalue weighted by molar-refractivity contribution is -0.325. The number of hydrogen-bond acceptors (Lipinski definition) is 5. The Hall–Kier alpha value is -3.65. The van der Waals surface area contributed by atoms with Crippen LogP contribution in [0, 0.1) is 0 Å². The van der Waals surface area contributed by atoms with Crippen LogP contribution in [0.4, 0.5) is 30.2 Å². The molecule has 1 saturated carbocycles. The molecule has 0 heterocycles. The molecule has 0 aromatic heterocycles. The summed E-state index contributed by atoms with van der Waals surface area (Å²) in [6.45, 7) is 0. The zero-order valence-electron chi connectivity index (χ0n) is 18.8. The zero-order chi connectivity index (χ0) is 24.6. The van der Waals surface area contributed by atoms with Crippen LogP contribution in [0.3, 0.4) is 0 Å². The van der Waals surface area contributed by atoms with E-state index in [1.807, 2.05) is 0 Å². The van der Waals surface area contributed by atoms with Gasteiger partial charge in [0.05, 0.1) is 22.5 Å². The number of halogens is 3. The van der Waals surface area contributed by atoms with Gasteiger partial charge in [-0.25, -0.2) is 5.06 Å². The largest absolute Gasteiger partial charge is 0.544 e. The molecule has 0 saturated heterocycles. The average molecular weight is 480 g/mol. The van der Waals surface area contributed by atoms with Gasteiger partial charge in [0.15, 0.2) is 11.6 Å². The zero-order valence-corrected chi connectivity index (χ0v) is 18.8. The molecule has 35 heavy (non-hydrogen) atoms. The molecule has 5 nitrogen and oxygen atoms in total. The van der Waals surface area contributed by atoms with Gasteiger partial charge < -0.3 is 5.32 Å². The van der Waals surface area contributed by atoms with Gasteiger partial charge in [-0.05, 0) is 37.1 Å². The minimum Gasteiger partial charge on any atom is -0.382 e. The Balaban J connectivity index is 1.70. The van der Waals surface area contributed by atoms with Gasteiger partial charge in [-0.1, -0.05) is 61.7 Å². The van der Waals surface area contributed by atoms with Crippen LogP contribution >= 0.6 is 0 Å². The summed E-state index contributed by atoms with van der Waals surface area (Å²) in [7, 11) is 0. The number of anilines is 3. The molecule has 0 bridgehead atoms. The van der Waals surface area contributed by atoms with Crippen molar-refractivity contribution in [3.05, 3.63) is 89.0 Å². The van der Waals surface area contributed by atoms with Crippen molar-refractivity contribution in [2.24, 2.45) is 0 Å². The third kappa shape index (κ3) is 4.53. The Bertz CT molecular complexity index is 1270. The molecule has 3 aromatic rings. The number of carbonyl (C=O) groups is 2. The van der Waals surface area contributed by atoms with E-state index in [1.165, 1.54) is 24.3 Å². The van der Waals surface area contributed by atoms with Crippen LogP contribution in [0.5, 0.6) is 0 Å². The smallest absolute Gasteiger partial charge is 0.382 e. The number of para-hydroxylation sites is 1. The van der Waals surface area contributed by atoms with E-state index in [1.54, 1.807) is 42.5 Å². The molecule has 0 radical (unpaired) electrons. The van der Waals surface area contributed by atoms with E-state index in [0.717, 1.165) is 32.1 Å². The molecule has 0 unspecified atom stereocenters. The second kappa shape index (κ2) is 9.19. The van der Waals surface area contributed by atoms with E-state index in [-0.39, 0.29) is 39.7 Å². The Labute approximate surface area is 200 Å². The van der Waals surface area contributed by atoms with Gasteiger partial charge in [0.25, 0.3) is 0 Å². The summed E-state index contributed by atoms with van der Waals surface area (Å²) in [4.78, 5) is 31.7. The van der Waals surface area contributed by atoms with Crippen molar-refractivity contribution in [2.45, 2.75) is 44.5 Å². The maximum absolute atomic E-state index is 13.7. The van der Waals surface area contributed by atoms with E-state index in [4.69, 9.17) is 0 Å². The van der Waals surface area contributed by atoms with Gasteiger partial charge >= 0.3 is 6.36 Å². The summed E-state index contributed by atoms with van der Waals surface area (Å²) in [6, 6.07) is 17.1. The molecule has 5 rings (SSSR count). The minimum absolute atomic E-state index is 0.0686. The van der Waals surface area contributed by atoms with Crippen molar-refractivity contribution >= 4 is 28.6 Å². The fourth-order valence-corrected chi connectivity index (χ4v) is 4.87. The number of nitrogens with one attached hydrogen (secondary N) is 1. The molecule has 2 aliphatic rings. The normalized spacial score (nSPS) is 16.0. The van der Waals surface area contributed by atoms with Crippen molar-refractivity contribution in [1.82, 2.24) is 0 Å². The Morgan fingerprint density at radius 2 is 1.37 bits per heavy atom. The first-order valence-corrected chi connectivity index (χ1v) is 11.6. The number of carbonyl (C=O) groups excluding carboxylic acids is 2. The number of hydrogen-bond donors (Lipinski definition) is 1. The highest BCUT2D eigenvalue weighted by atomic mass is 19.4. The second-order valence-corrected chi connectivity index (χ2v) is 8.73. The van der Waals surface area contributed by atoms with Crippen LogP contribution in [0.1, 0.15) is 63.9 Å². The SMILES string of the molecule is O=C1c2ccccc2C(=O)c2c(N(OC(F)(F)F)c3ccccc3)ccc(NC3CCCCC3)c21. The first-order chi connectivity index (χ1) is 16.8. The summed E-state index contributed by atoms with van der Waals surface area (Å²) in [6.07, 6.45) is 0.0527. The third-order valence-electron chi connectivity index (χ3n) is 6.42. The highest BCUT2D eigenvalue weighted by molar-refractivity contribution is 6.32. The lowest BCUT2D eigenvalue weighted by Crippen LogP contribution is -2.32. The number of fused-ring (bicyclic) bond motifs is 2. The molecular formula is C27H23F3N2O3. The maximum atomic E-state index is 13.7. The molecule has 8 heteroatoms. The van der Waals surface area contributed by atoms with E-state index >= 15 is 0 Å². The van der Waals surface area contributed by atoms with Gasteiger partial charge in [0.2, 0.25) is 0 Å². The molecule has 0 aliphatic heterocycles. The van der Waals surface area contributed by atoms with Crippen LogP contribution in [0.2, 0.25) is 0 Å². The lowest BCUT2D eigenvalue weighted by Gasteiger charge is -2.31. The van der Waals surface area contributed by atoms with E-state index in [2.05, 4.69) is 10.2 Å². The molecule has 0 atom stereocenters. The summed E-state index contributed by atoms with van der Waals surface area (Å²) >= 11 is 0. The quantitative estimate of drug-likeness (QED) is 0.319. The van der Waals surface area contributed by atoms with Gasteiger partial charge in [-0.3, -0.25) is 9.59 Å². The Morgan fingerprint density at radius 1 is 0.771 bits per heavy atom. The molecule has 180 valence electrons. The maximum Gasteiger partial charge on any atom is 0.544 e. The molecule has 0 amide bonds. The monoisotopic (exact) mass is 480 g/mol. The van der Waals surface area contributed by atoms with Crippen molar-refractivity contribution in [2.75, 3.05) is 10.4 Å². The first-order valence-electron chi connectivity index (χ1n) is 11.6. The van der Waals surface area contributed by atoms with E-state index in [9.17, 15) is 22.8 Å². The summed E-state index contributed by atoms with van der Waals surface area (Å²) < 4.78 is 40.4. The predicted octanol–water partition coefficient (Wildman–Crippen LogP) is 6.80.